The van der Waals surface area contributed by atoms with Gasteiger partial charge in [0.2, 0.25) is 0 Å². The number of para-hydroxylation sites is 2. The van der Waals surface area contributed by atoms with Gasteiger partial charge in [0, 0.05) is 16.6 Å². The van der Waals surface area contributed by atoms with E-state index in [1.165, 1.54) is 0 Å². The zero-order chi connectivity index (χ0) is 13.9. The van der Waals surface area contributed by atoms with Gasteiger partial charge >= 0.3 is 0 Å². The molecule has 0 aliphatic rings. The highest BCUT2D eigenvalue weighted by atomic mass is 35.5. The van der Waals surface area contributed by atoms with Gasteiger partial charge in [0.15, 0.2) is 0 Å². The van der Waals surface area contributed by atoms with Crippen LogP contribution in [0.25, 0.3) is 11.0 Å². The molecule has 0 atom stereocenters. The molecular weight excluding hydrogens is 293 g/mol. The molecule has 1 aromatic heterocycles. The molecule has 0 bridgehead atoms. The Bertz CT molecular complexity index is 704. The maximum atomic E-state index is 6.13. The molecule has 0 amide bonds. The molecule has 3 aromatic rings. The third kappa shape index (κ3) is 2.96. The second-order valence-corrected chi connectivity index (χ2v) is 5.38. The van der Waals surface area contributed by atoms with Gasteiger partial charge in [0.25, 0.3) is 0 Å². The third-order valence-corrected chi connectivity index (χ3v) is 3.65. The molecule has 5 heteroatoms. The summed E-state index contributed by atoms with van der Waals surface area (Å²) in [5, 5.41) is 4.64. The number of rotatable bonds is 4. The SMILES string of the molecule is Clc1ccc(CNCc2nc3ccccc3[nH]2)c(Cl)c1. The summed E-state index contributed by atoms with van der Waals surface area (Å²) in [4.78, 5) is 7.79. The summed E-state index contributed by atoms with van der Waals surface area (Å²) >= 11 is 12.0. The average molecular weight is 306 g/mol. The Hall–Kier alpha value is -1.55. The van der Waals surface area contributed by atoms with Crippen molar-refractivity contribution in [3.63, 3.8) is 0 Å². The fraction of sp³-hybridized carbons (Fsp3) is 0.133. The number of aromatic amines is 1. The number of nitrogens with zero attached hydrogens (tertiary/aromatic N) is 1. The van der Waals surface area contributed by atoms with Gasteiger partial charge in [-0.2, -0.15) is 0 Å². The van der Waals surface area contributed by atoms with Crippen molar-refractivity contribution in [3.05, 3.63) is 63.9 Å². The van der Waals surface area contributed by atoms with Gasteiger partial charge in [-0.15, -0.1) is 0 Å². The van der Waals surface area contributed by atoms with Crippen molar-refractivity contribution >= 4 is 34.2 Å². The predicted molar refractivity (Wildman–Crippen MR) is 83.1 cm³/mol. The lowest BCUT2D eigenvalue weighted by Gasteiger charge is -2.05. The quantitative estimate of drug-likeness (QED) is 0.760. The van der Waals surface area contributed by atoms with E-state index in [9.17, 15) is 0 Å². The molecule has 0 fully saturated rings. The maximum Gasteiger partial charge on any atom is 0.121 e. The number of benzene rings is 2. The smallest absolute Gasteiger partial charge is 0.121 e. The van der Waals surface area contributed by atoms with Crippen LogP contribution in [0.3, 0.4) is 0 Å². The Labute approximate surface area is 126 Å². The normalized spacial score (nSPS) is 11.1. The Morgan fingerprint density at radius 3 is 2.70 bits per heavy atom. The molecule has 0 spiro atoms. The first-order chi connectivity index (χ1) is 9.72. The zero-order valence-electron chi connectivity index (χ0n) is 10.7. The van der Waals surface area contributed by atoms with Crippen LogP contribution in [-0.2, 0) is 13.1 Å². The monoisotopic (exact) mass is 305 g/mol. The third-order valence-electron chi connectivity index (χ3n) is 3.06. The van der Waals surface area contributed by atoms with Crippen molar-refractivity contribution in [2.75, 3.05) is 0 Å². The molecule has 3 rings (SSSR count). The van der Waals surface area contributed by atoms with Gasteiger partial charge in [-0.25, -0.2) is 4.98 Å². The molecule has 0 aliphatic heterocycles. The highest BCUT2D eigenvalue weighted by Gasteiger charge is 2.03. The van der Waals surface area contributed by atoms with Crippen LogP contribution in [0.2, 0.25) is 10.0 Å². The van der Waals surface area contributed by atoms with E-state index in [2.05, 4.69) is 15.3 Å². The van der Waals surface area contributed by atoms with Crippen molar-refractivity contribution in [2.45, 2.75) is 13.1 Å². The largest absolute Gasteiger partial charge is 0.341 e. The molecule has 1 heterocycles. The van der Waals surface area contributed by atoms with Crippen LogP contribution in [0.4, 0.5) is 0 Å². The van der Waals surface area contributed by atoms with Crippen molar-refractivity contribution in [1.82, 2.24) is 15.3 Å². The number of nitrogens with one attached hydrogen (secondary N) is 2. The second-order valence-electron chi connectivity index (χ2n) is 4.54. The average Bonchev–Trinajstić information content (AvgIpc) is 2.84. The van der Waals surface area contributed by atoms with Crippen LogP contribution in [0.5, 0.6) is 0 Å². The minimum atomic E-state index is 0.649. The van der Waals surface area contributed by atoms with E-state index in [-0.39, 0.29) is 0 Å². The number of hydrogen-bond acceptors (Lipinski definition) is 2. The Kier molecular flexibility index (Phi) is 3.92. The van der Waals surface area contributed by atoms with Crippen LogP contribution in [-0.4, -0.2) is 9.97 Å². The summed E-state index contributed by atoms with van der Waals surface area (Å²) in [6.07, 6.45) is 0. The Balaban J connectivity index is 1.64. The predicted octanol–water partition coefficient (Wildman–Crippen LogP) is 4.16. The first-order valence-electron chi connectivity index (χ1n) is 6.30. The van der Waals surface area contributed by atoms with Crippen LogP contribution in [0.15, 0.2) is 42.5 Å². The van der Waals surface area contributed by atoms with E-state index < -0.39 is 0 Å². The molecule has 102 valence electrons. The van der Waals surface area contributed by atoms with E-state index in [1.807, 2.05) is 36.4 Å². The highest BCUT2D eigenvalue weighted by Crippen LogP contribution is 2.20. The minimum absolute atomic E-state index is 0.649. The van der Waals surface area contributed by atoms with Gasteiger partial charge < -0.3 is 10.3 Å². The van der Waals surface area contributed by atoms with Crippen molar-refractivity contribution in [3.8, 4) is 0 Å². The second kappa shape index (κ2) is 5.83. The standard InChI is InChI=1S/C15H13Cl2N3/c16-11-6-5-10(12(17)7-11)8-18-9-15-19-13-3-1-2-4-14(13)20-15/h1-7,18H,8-9H2,(H,19,20). The summed E-state index contributed by atoms with van der Waals surface area (Å²) in [5.41, 5.74) is 3.05. The molecule has 0 radical (unpaired) electrons. The lowest BCUT2D eigenvalue weighted by molar-refractivity contribution is 0.670. The van der Waals surface area contributed by atoms with Gasteiger partial charge in [-0.3, -0.25) is 0 Å². The van der Waals surface area contributed by atoms with Crippen molar-refractivity contribution in [2.24, 2.45) is 0 Å². The van der Waals surface area contributed by atoms with E-state index >= 15 is 0 Å². The molecule has 20 heavy (non-hydrogen) atoms. The van der Waals surface area contributed by atoms with Crippen LogP contribution < -0.4 is 5.32 Å². The number of hydrogen-bond donors (Lipinski definition) is 2. The molecule has 2 N–H and O–H groups in total. The molecule has 0 saturated heterocycles. The molecule has 0 unspecified atom stereocenters. The summed E-state index contributed by atoms with van der Waals surface area (Å²) < 4.78 is 0. The fourth-order valence-electron chi connectivity index (χ4n) is 2.07. The first kappa shape index (κ1) is 13.4. The van der Waals surface area contributed by atoms with Crippen LogP contribution in [0, 0.1) is 0 Å². The maximum absolute atomic E-state index is 6.13. The number of halogens is 2. The Morgan fingerprint density at radius 2 is 1.90 bits per heavy atom. The molecule has 0 aliphatic carbocycles. The lowest BCUT2D eigenvalue weighted by Crippen LogP contribution is -2.13. The van der Waals surface area contributed by atoms with Crippen molar-refractivity contribution in [1.29, 1.82) is 0 Å². The number of imidazole rings is 1. The fourth-order valence-corrected chi connectivity index (χ4v) is 2.55. The lowest BCUT2D eigenvalue weighted by atomic mass is 10.2. The van der Waals surface area contributed by atoms with Gasteiger partial charge in [0.05, 0.1) is 17.6 Å². The molecule has 3 nitrogen and oxygen atoms in total. The van der Waals surface area contributed by atoms with Gasteiger partial charge in [0.1, 0.15) is 5.82 Å². The molecular formula is C15H13Cl2N3. The van der Waals surface area contributed by atoms with Gasteiger partial charge in [-0.05, 0) is 29.8 Å². The summed E-state index contributed by atoms with van der Waals surface area (Å²) in [6.45, 7) is 1.33. The molecule has 0 saturated carbocycles. The number of fused-ring (bicyclic) bond motifs is 1. The summed E-state index contributed by atoms with van der Waals surface area (Å²) in [5.74, 6) is 0.913. The zero-order valence-corrected chi connectivity index (χ0v) is 12.2. The first-order valence-corrected chi connectivity index (χ1v) is 7.06. The number of aromatic nitrogens is 2. The van der Waals surface area contributed by atoms with Crippen LogP contribution >= 0.6 is 23.2 Å². The van der Waals surface area contributed by atoms with Crippen LogP contribution in [0.1, 0.15) is 11.4 Å². The Morgan fingerprint density at radius 1 is 1.05 bits per heavy atom. The number of H-pyrrole nitrogens is 1. The topological polar surface area (TPSA) is 40.7 Å². The van der Waals surface area contributed by atoms with E-state index in [1.54, 1.807) is 6.07 Å². The minimum Gasteiger partial charge on any atom is -0.341 e. The van der Waals surface area contributed by atoms with Gasteiger partial charge in [-0.1, -0.05) is 41.4 Å². The van der Waals surface area contributed by atoms with Crippen molar-refractivity contribution < 1.29 is 0 Å². The van der Waals surface area contributed by atoms with E-state index in [0.29, 0.717) is 23.1 Å². The van der Waals surface area contributed by atoms with E-state index in [0.717, 1.165) is 22.4 Å². The summed E-state index contributed by atoms with van der Waals surface area (Å²) in [7, 11) is 0. The van der Waals surface area contributed by atoms with E-state index in [4.69, 9.17) is 23.2 Å². The summed E-state index contributed by atoms with van der Waals surface area (Å²) in [6, 6.07) is 13.5. The highest BCUT2D eigenvalue weighted by molar-refractivity contribution is 6.35. The molecule has 2 aromatic carbocycles.